The number of phenols is 1. The van der Waals surface area contributed by atoms with E-state index in [1.807, 2.05) is 29.1 Å². The van der Waals surface area contributed by atoms with Gasteiger partial charge in [-0.05, 0) is 51.7 Å². The van der Waals surface area contributed by atoms with Gasteiger partial charge in [0.1, 0.15) is 11.6 Å². The second-order valence-corrected chi connectivity index (χ2v) is 9.35. The number of fused-ring (bicyclic) bond motifs is 2. The van der Waals surface area contributed by atoms with E-state index >= 15 is 0 Å². The lowest BCUT2D eigenvalue weighted by atomic mass is 9.84. The Labute approximate surface area is 176 Å². The molecule has 7 heteroatoms. The average molecular weight is 405 g/mol. The van der Waals surface area contributed by atoms with Crippen LogP contribution >= 0.6 is 0 Å². The van der Waals surface area contributed by atoms with Gasteiger partial charge in [-0.3, -0.25) is 4.98 Å². The number of aromatic hydroxyl groups is 1. The first-order valence-electron chi connectivity index (χ1n) is 10.5. The van der Waals surface area contributed by atoms with Crippen LogP contribution in [0, 0.1) is 0 Å². The number of imidazole rings is 1. The van der Waals surface area contributed by atoms with Crippen LogP contribution in [0.25, 0.3) is 16.9 Å². The van der Waals surface area contributed by atoms with Crippen LogP contribution in [0.1, 0.15) is 39.5 Å². The van der Waals surface area contributed by atoms with Crippen LogP contribution in [0.4, 0.5) is 5.82 Å². The first kappa shape index (κ1) is 19.1. The third kappa shape index (κ3) is 3.33. The van der Waals surface area contributed by atoms with Gasteiger partial charge in [0.05, 0.1) is 30.1 Å². The van der Waals surface area contributed by atoms with Gasteiger partial charge < -0.3 is 19.9 Å². The molecule has 2 aliphatic heterocycles. The molecular formula is C23H28N6O. The fourth-order valence-electron chi connectivity index (χ4n) is 5.24. The predicted molar refractivity (Wildman–Crippen MR) is 117 cm³/mol. The molecule has 4 heterocycles. The summed E-state index contributed by atoms with van der Waals surface area (Å²) in [6.45, 7) is 4.67. The summed E-state index contributed by atoms with van der Waals surface area (Å²) in [6, 6.07) is 5.95. The highest BCUT2D eigenvalue weighted by molar-refractivity contribution is 5.68. The normalized spacial score (nSPS) is 27.9. The van der Waals surface area contributed by atoms with Crippen molar-refractivity contribution in [1.29, 1.82) is 0 Å². The number of nitrogens with zero attached hydrogens (tertiary/aromatic N) is 5. The van der Waals surface area contributed by atoms with E-state index in [1.54, 1.807) is 24.8 Å². The van der Waals surface area contributed by atoms with Crippen molar-refractivity contribution in [2.24, 2.45) is 0 Å². The van der Waals surface area contributed by atoms with E-state index in [2.05, 4.69) is 46.1 Å². The van der Waals surface area contributed by atoms with Crippen LogP contribution in [-0.4, -0.2) is 48.8 Å². The highest BCUT2D eigenvalue weighted by Gasteiger charge is 2.49. The Morgan fingerprint density at radius 3 is 2.50 bits per heavy atom. The van der Waals surface area contributed by atoms with E-state index in [0.29, 0.717) is 17.3 Å². The summed E-state index contributed by atoms with van der Waals surface area (Å²) in [5.74, 6) is 1.04. The van der Waals surface area contributed by atoms with E-state index in [-0.39, 0.29) is 16.8 Å². The quantitative estimate of drug-likeness (QED) is 0.693. The minimum absolute atomic E-state index is 0.174. The maximum Gasteiger partial charge on any atom is 0.147 e. The molecule has 2 aliphatic rings. The Morgan fingerprint density at radius 2 is 1.90 bits per heavy atom. The molecule has 5 rings (SSSR count). The molecule has 2 fully saturated rings. The molecule has 2 aromatic heterocycles. The van der Waals surface area contributed by atoms with E-state index in [1.165, 1.54) is 12.8 Å². The molecule has 0 saturated carbocycles. The zero-order valence-corrected chi connectivity index (χ0v) is 17.7. The Morgan fingerprint density at radius 1 is 1.13 bits per heavy atom. The van der Waals surface area contributed by atoms with Crippen LogP contribution in [-0.2, 0) is 0 Å². The van der Waals surface area contributed by atoms with Gasteiger partial charge in [0.25, 0.3) is 0 Å². The van der Waals surface area contributed by atoms with Gasteiger partial charge in [0, 0.05) is 48.2 Å². The van der Waals surface area contributed by atoms with Crippen molar-refractivity contribution in [2.75, 3.05) is 11.9 Å². The standard InChI is InChI=1S/C23H28N6O/c1-22-6-7-23(2,27-22)12-17(11-22)28(3)21-14-25-19(13-26-21)18-5-4-16(10-20(18)30)29-9-8-24-15-29/h4-5,8-10,13-15,17,27,30H,6-7,11-12H2,1-3H3/t17-,22-,23+. The average Bonchev–Trinajstić information content (AvgIpc) is 3.33. The zero-order chi connectivity index (χ0) is 20.9. The van der Waals surface area contributed by atoms with Crippen LogP contribution in [0.3, 0.4) is 0 Å². The molecule has 0 radical (unpaired) electrons. The molecule has 2 bridgehead atoms. The minimum atomic E-state index is 0.174. The van der Waals surface area contributed by atoms with E-state index in [0.717, 1.165) is 24.3 Å². The Balaban J connectivity index is 1.36. The van der Waals surface area contributed by atoms with Crippen LogP contribution in [0.2, 0.25) is 0 Å². The van der Waals surface area contributed by atoms with Crippen LogP contribution in [0.15, 0.2) is 49.3 Å². The first-order valence-corrected chi connectivity index (χ1v) is 10.5. The van der Waals surface area contributed by atoms with Crippen molar-refractivity contribution < 1.29 is 5.11 Å². The molecule has 156 valence electrons. The van der Waals surface area contributed by atoms with E-state index in [4.69, 9.17) is 0 Å². The van der Waals surface area contributed by atoms with Gasteiger partial charge in [-0.25, -0.2) is 9.97 Å². The monoisotopic (exact) mass is 404 g/mol. The summed E-state index contributed by atoms with van der Waals surface area (Å²) in [5, 5.41) is 14.4. The van der Waals surface area contributed by atoms with Crippen LogP contribution < -0.4 is 10.2 Å². The number of benzene rings is 1. The largest absolute Gasteiger partial charge is 0.507 e. The van der Waals surface area contributed by atoms with Gasteiger partial charge in [0.15, 0.2) is 0 Å². The zero-order valence-electron chi connectivity index (χ0n) is 17.7. The van der Waals surface area contributed by atoms with Crippen molar-refractivity contribution in [3.8, 4) is 22.7 Å². The summed E-state index contributed by atoms with van der Waals surface area (Å²) in [4.78, 5) is 15.6. The van der Waals surface area contributed by atoms with Gasteiger partial charge in [0.2, 0.25) is 0 Å². The molecule has 1 aromatic carbocycles. The topological polar surface area (TPSA) is 79.1 Å². The number of nitrogens with one attached hydrogen (secondary N) is 1. The van der Waals surface area contributed by atoms with Crippen molar-refractivity contribution in [3.63, 3.8) is 0 Å². The molecule has 0 aliphatic carbocycles. The summed E-state index contributed by atoms with van der Waals surface area (Å²) in [6.07, 6.45) is 13.5. The second kappa shape index (κ2) is 6.80. The Hall–Kier alpha value is -2.93. The SMILES string of the molecule is CN(c1cnc(-c2ccc(-n3ccnc3)cc2O)cn1)[C@H]1C[C@]2(C)CC[C@](C)(C1)N2. The highest BCUT2D eigenvalue weighted by Crippen LogP contribution is 2.43. The first-order chi connectivity index (χ1) is 14.3. The molecule has 2 N–H and O–H groups in total. The smallest absolute Gasteiger partial charge is 0.147 e. The van der Waals surface area contributed by atoms with Gasteiger partial charge >= 0.3 is 0 Å². The number of phenolic OH excluding ortho intramolecular Hbond substituents is 1. The molecule has 3 aromatic rings. The maximum atomic E-state index is 10.5. The number of piperidine rings is 1. The number of aromatic nitrogens is 4. The fourth-order valence-corrected chi connectivity index (χ4v) is 5.24. The van der Waals surface area contributed by atoms with Gasteiger partial charge in [-0.1, -0.05) is 0 Å². The summed E-state index contributed by atoms with van der Waals surface area (Å²) >= 11 is 0. The molecule has 0 spiro atoms. The third-order valence-electron chi connectivity index (χ3n) is 6.81. The number of hydrogen-bond donors (Lipinski definition) is 2. The second-order valence-electron chi connectivity index (χ2n) is 9.35. The Kier molecular flexibility index (Phi) is 4.32. The summed E-state index contributed by atoms with van der Waals surface area (Å²) in [5.41, 5.74) is 2.59. The number of anilines is 1. The number of hydrogen-bond acceptors (Lipinski definition) is 6. The molecule has 7 nitrogen and oxygen atoms in total. The van der Waals surface area contributed by atoms with Gasteiger partial charge in [-0.15, -0.1) is 0 Å². The molecule has 30 heavy (non-hydrogen) atoms. The van der Waals surface area contributed by atoms with Gasteiger partial charge in [-0.2, -0.15) is 0 Å². The molecular weight excluding hydrogens is 376 g/mol. The number of rotatable bonds is 4. The summed E-state index contributed by atoms with van der Waals surface area (Å²) in [7, 11) is 2.11. The van der Waals surface area contributed by atoms with Crippen molar-refractivity contribution in [2.45, 2.75) is 56.7 Å². The maximum absolute atomic E-state index is 10.5. The molecule has 0 amide bonds. The van der Waals surface area contributed by atoms with Crippen molar-refractivity contribution in [1.82, 2.24) is 24.8 Å². The minimum Gasteiger partial charge on any atom is -0.507 e. The molecule has 0 unspecified atom stereocenters. The fraction of sp³-hybridized carbons (Fsp3) is 0.435. The highest BCUT2D eigenvalue weighted by atomic mass is 16.3. The third-order valence-corrected chi connectivity index (χ3v) is 6.81. The Bertz CT molecular complexity index is 1030. The summed E-state index contributed by atoms with van der Waals surface area (Å²) < 4.78 is 1.85. The van der Waals surface area contributed by atoms with Crippen molar-refractivity contribution >= 4 is 5.82 Å². The van der Waals surface area contributed by atoms with Crippen LogP contribution in [0.5, 0.6) is 5.75 Å². The van der Waals surface area contributed by atoms with E-state index in [9.17, 15) is 5.11 Å². The lowest BCUT2D eigenvalue weighted by Gasteiger charge is -2.45. The lowest BCUT2D eigenvalue weighted by Crippen LogP contribution is -2.58. The van der Waals surface area contributed by atoms with E-state index < -0.39 is 0 Å². The lowest BCUT2D eigenvalue weighted by molar-refractivity contribution is 0.207. The molecule has 2 saturated heterocycles. The van der Waals surface area contributed by atoms with Crippen molar-refractivity contribution in [3.05, 3.63) is 49.3 Å². The molecule has 3 atom stereocenters. The predicted octanol–water partition coefficient (Wildman–Crippen LogP) is 3.53.